The molecule has 0 saturated heterocycles. The van der Waals surface area contributed by atoms with Crippen molar-refractivity contribution in [1.29, 1.82) is 0 Å². The van der Waals surface area contributed by atoms with Gasteiger partial charge >= 0.3 is 0 Å². The predicted octanol–water partition coefficient (Wildman–Crippen LogP) is 2.82. The molecule has 0 saturated carbocycles. The molecule has 0 fully saturated rings. The third-order valence-corrected chi connectivity index (χ3v) is 3.91. The number of carbonyl (C=O) groups is 1. The first-order valence-electron chi connectivity index (χ1n) is 7.46. The summed E-state index contributed by atoms with van der Waals surface area (Å²) in [6, 6.07) is 12.2. The fourth-order valence-corrected chi connectivity index (χ4v) is 2.83. The maximum atomic E-state index is 13.0. The van der Waals surface area contributed by atoms with Crippen molar-refractivity contribution in [2.24, 2.45) is 0 Å². The molecule has 1 aliphatic heterocycles. The number of carbonyl (C=O) groups excluding carboxylic acids is 1. The molecule has 0 aliphatic carbocycles. The van der Waals surface area contributed by atoms with Gasteiger partial charge in [-0.1, -0.05) is 18.2 Å². The minimum absolute atomic E-state index is 0.0739. The summed E-state index contributed by atoms with van der Waals surface area (Å²) in [5, 5.41) is 3.37. The molecule has 21 heavy (non-hydrogen) atoms. The minimum Gasteiger partial charge on any atom is -0.341 e. The van der Waals surface area contributed by atoms with Gasteiger partial charge < -0.3 is 14.8 Å². The number of amides is 1. The molecular weight excluding hydrogens is 262 g/mol. The molecule has 110 valence electrons. The Labute approximate surface area is 125 Å². The Morgan fingerprint density at radius 1 is 1.19 bits per heavy atom. The topological polar surface area (TPSA) is 37.3 Å². The minimum atomic E-state index is 0.0739. The van der Waals surface area contributed by atoms with Gasteiger partial charge in [-0.2, -0.15) is 0 Å². The number of nitrogens with zero attached hydrogens (tertiary/aromatic N) is 2. The van der Waals surface area contributed by atoms with Gasteiger partial charge in [0.05, 0.1) is 0 Å². The molecule has 2 heterocycles. The zero-order valence-electron chi connectivity index (χ0n) is 12.5. The molecule has 0 unspecified atom stereocenters. The summed E-state index contributed by atoms with van der Waals surface area (Å²) < 4.78 is 2.03. The van der Waals surface area contributed by atoms with Crippen molar-refractivity contribution >= 4 is 11.6 Å². The monoisotopic (exact) mass is 283 g/mol. The van der Waals surface area contributed by atoms with Gasteiger partial charge in [-0.05, 0) is 37.6 Å². The van der Waals surface area contributed by atoms with Crippen LogP contribution in [0.15, 0.2) is 42.6 Å². The third-order valence-electron chi connectivity index (χ3n) is 3.91. The summed E-state index contributed by atoms with van der Waals surface area (Å²) in [4.78, 5) is 14.9. The fourth-order valence-electron chi connectivity index (χ4n) is 2.83. The van der Waals surface area contributed by atoms with E-state index in [1.165, 1.54) is 5.56 Å². The zero-order valence-corrected chi connectivity index (χ0v) is 12.5. The summed E-state index contributed by atoms with van der Waals surface area (Å²) in [6.07, 6.45) is 1.97. The Hall–Kier alpha value is -2.07. The van der Waals surface area contributed by atoms with E-state index in [9.17, 15) is 4.79 Å². The van der Waals surface area contributed by atoms with Gasteiger partial charge in [0, 0.05) is 37.6 Å². The number of fused-ring (bicyclic) bond motifs is 1. The van der Waals surface area contributed by atoms with Crippen LogP contribution in [0, 0.1) is 0 Å². The van der Waals surface area contributed by atoms with Gasteiger partial charge in [-0.15, -0.1) is 0 Å². The molecule has 1 amide bonds. The smallest absolute Gasteiger partial charge is 0.274 e. The van der Waals surface area contributed by atoms with Crippen LogP contribution in [-0.4, -0.2) is 23.6 Å². The van der Waals surface area contributed by atoms with Gasteiger partial charge in [0.15, 0.2) is 0 Å². The van der Waals surface area contributed by atoms with Crippen LogP contribution in [0.4, 0.5) is 5.69 Å². The van der Waals surface area contributed by atoms with Crippen LogP contribution in [-0.2, 0) is 6.54 Å². The van der Waals surface area contributed by atoms with E-state index in [1.54, 1.807) is 0 Å². The van der Waals surface area contributed by atoms with E-state index in [4.69, 9.17) is 0 Å². The maximum Gasteiger partial charge on any atom is 0.274 e. The molecule has 1 aliphatic rings. The molecule has 0 bridgehead atoms. The molecule has 4 heteroatoms. The van der Waals surface area contributed by atoms with E-state index in [2.05, 4.69) is 25.2 Å². The fraction of sp³-hybridized carbons (Fsp3) is 0.353. The van der Waals surface area contributed by atoms with Gasteiger partial charge in [0.25, 0.3) is 5.91 Å². The van der Waals surface area contributed by atoms with Crippen molar-refractivity contribution in [1.82, 2.24) is 9.88 Å². The average Bonchev–Trinajstić information content (AvgIpc) is 2.88. The first-order chi connectivity index (χ1) is 10.2. The summed E-state index contributed by atoms with van der Waals surface area (Å²) >= 11 is 0. The number of hydrogen-bond donors (Lipinski definition) is 1. The highest BCUT2D eigenvalue weighted by Gasteiger charge is 2.24. The normalized spacial score (nSPS) is 14.9. The Kier molecular flexibility index (Phi) is 3.80. The van der Waals surface area contributed by atoms with E-state index < -0.39 is 0 Å². The Bertz CT molecular complexity index is 645. The van der Waals surface area contributed by atoms with Gasteiger partial charge in [0.1, 0.15) is 5.69 Å². The number of aromatic nitrogens is 1. The highest BCUT2D eigenvalue weighted by atomic mass is 16.2. The second kappa shape index (κ2) is 5.74. The largest absolute Gasteiger partial charge is 0.341 e. The molecule has 4 nitrogen and oxygen atoms in total. The molecule has 1 aromatic heterocycles. The summed E-state index contributed by atoms with van der Waals surface area (Å²) in [5.41, 5.74) is 2.94. The summed E-state index contributed by atoms with van der Waals surface area (Å²) in [5.74, 6) is 0.0739. The van der Waals surface area contributed by atoms with Crippen molar-refractivity contribution in [2.75, 3.05) is 18.0 Å². The van der Waals surface area contributed by atoms with E-state index in [1.807, 2.05) is 46.0 Å². The Morgan fingerprint density at radius 2 is 2.00 bits per heavy atom. The number of hydrogen-bond acceptors (Lipinski definition) is 2. The van der Waals surface area contributed by atoms with Gasteiger partial charge in [-0.25, -0.2) is 0 Å². The Morgan fingerprint density at radius 3 is 2.81 bits per heavy atom. The quantitative estimate of drug-likeness (QED) is 0.920. The van der Waals surface area contributed by atoms with Crippen LogP contribution in [0.3, 0.4) is 0 Å². The van der Waals surface area contributed by atoms with E-state index in [0.717, 1.165) is 24.5 Å². The van der Waals surface area contributed by atoms with Crippen LogP contribution < -0.4 is 10.2 Å². The molecule has 1 N–H and O–H groups in total. The highest BCUT2D eigenvalue weighted by molar-refractivity contribution is 6.05. The van der Waals surface area contributed by atoms with Gasteiger partial charge in [0.2, 0.25) is 0 Å². The van der Waals surface area contributed by atoms with Crippen molar-refractivity contribution in [3.8, 4) is 0 Å². The molecule has 0 spiro atoms. The first kappa shape index (κ1) is 13.9. The molecule has 1 aromatic carbocycles. The number of benzene rings is 1. The number of anilines is 1. The molecule has 0 atom stereocenters. The van der Waals surface area contributed by atoms with Crippen LogP contribution in [0.5, 0.6) is 0 Å². The number of nitrogens with one attached hydrogen (secondary N) is 1. The van der Waals surface area contributed by atoms with E-state index >= 15 is 0 Å². The molecule has 2 aromatic rings. The average molecular weight is 283 g/mol. The van der Waals surface area contributed by atoms with Crippen molar-refractivity contribution in [3.05, 3.63) is 53.9 Å². The second-order valence-electron chi connectivity index (χ2n) is 5.66. The Balaban J connectivity index is 1.99. The zero-order chi connectivity index (χ0) is 14.8. The lowest BCUT2D eigenvalue weighted by Crippen LogP contribution is -2.36. The van der Waals surface area contributed by atoms with Crippen molar-refractivity contribution in [3.63, 3.8) is 0 Å². The highest BCUT2D eigenvalue weighted by Crippen LogP contribution is 2.24. The maximum absolute atomic E-state index is 13.0. The number of para-hydroxylation sites is 1. The van der Waals surface area contributed by atoms with Crippen molar-refractivity contribution in [2.45, 2.75) is 26.4 Å². The van der Waals surface area contributed by atoms with Crippen LogP contribution in [0.2, 0.25) is 0 Å². The van der Waals surface area contributed by atoms with Crippen LogP contribution in [0.25, 0.3) is 0 Å². The lowest BCUT2D eigenvalue weighted by molar-refractivity contribution is 0.0977. The predicted molar refractivity (Wildman–Crippen MR) is 84.6 cm³/mol. The van der Waals surface area contributed by atoms with E-state index in [-0.39, 0.29) is 11.9 Å². The second-order valence-corrected chi connectivity index (χ2v) is 5.66. The van der Waals surface area contributed by atoms with Crippen LogP contribution in [0.1, 0.15) is 35.9 Å². The van der Waals surface area contributed by atoms with E-state index in [0.29, 0.717) is 6.54 Å². The lowest BCUT2D eigenvalue weighted by Gasteiger charge is -2.24. The van der Waals surface area contributed by atoms with Gasteiger partial charge in [-0.3, -0.25) is 4.79 Å². The SMILES string of the molecule is CC(C)n1cccc1C(=O)N1CCNCc2ccccc21. The molecule has 0 radical (unpaired) electrons. The standard InChI is InChI=1S/C17H21N3O/c1-13(2)19-10-5-8-16(19)17(21)20-11-9-18-12-14-6-3-4-7-15(14)20/h3-8,10,13,18H,9,11-12H2,1-2H3. The summed E-state index contributed by atoms with van der Waals surface area (Å²) in [6.45, 7) is 6.50. The molecule has 3 rings (SSSR count). The number of rotatable bonds is 2. The van der Waals surface area contributed by atoms with Crippen molar-refractivity contribution < 1.29 is 4.79 Å². The third kappa shape index (κ3) is 2.59. The summed E-state index contributed by atoms with van der Waals surface area (Å²) in [7, 11) is 0. The molecular formula is C17H21N3O. The lowest BCUT2D eigenvalue weighted by atomic mass is 10.1. The van der Waals surface area contributed by atoms with Crippen LogP contribution >= 0.6 is 0 Å². The first-order valence-corrected chi connectivity index (χ1v) is 7.46.